The van der Waals surface area contributed by atoms with Crippen LogP contribution < -0.4 is 0 Å². The van der Waals surface area contributed by atoms with Crippen molar-refractivity contribution in [2.75, 3.05) is 13.1 Å². The molecular weight excluding hydrogens is 274 g/mol. The largest absolute Gasteiger partial charge is 0.338 e. The topological polar surface area (TPSA) is 20.3 Å². The highest BCUT2D eigenvalue weighted by atomic mass is 32.1. The Balaban J connectivity index is 2.68. The van der Waals surface area contributed by atoms with Crippen LogP contribution in [0.25, 0.3) is 0 Å². The number of carbonyl (C=O) groups excluding carboxylic acids is 1. The SMILES string of the molecule is CC(C)CCN(CCC(C)C)C(=O)c1cc(S)cs1. The maximum absolute atomic E-state index is 12.5. The second-order valence-corrected chi connectivity index (χ2v) is 7.25. The predicted octanol–water partition coefficient (Wildman–Crippen LogP) is 4.57. The first-order valence-electron chi connectivity index (χ1n) is 6.97. The van der Waals surface area contributed by atoms with E-state index < -0.39 is 0 Å². The van der Waals surface area contributed by atoms with Gasteiger partial charge in [0, 0.05) is 23.4 Å². The van der Waals surface area contributed by atoms with Crippen molar-refractivity contribution in [3.05, 3.63) is 16.3 Å². The van der Waals surface area contributed by atoms with Crippen LogP contribution in [0.4, 0.5) is 0 Å². The zero-order valence-electron chi connectivity index (χ0n) is 12.3. The first kappa shape index (κ1) is 16.6. The number of hydrogen-bond acceptors (Lipinski definition) is 3. The number of thiol groups is 1. The van der Waals surface area contributed by atoms with Crippen LogP contribution in [0.2, 0.25) is 0 Å². The van der Waals surface area contributed by atoms with Crippen LogP contribution in [0.1, 0.15) is 50.2 Å². The molecule has 2 nitrogen and oxygen atoms in total. The maximum Gasteiger partial charge on any atom is 0.263 e. The molecule has 0 unspecified atom stereocenters. The van der Waals surface area contributed by atoms with Crippen LogP contribution >= 0.6 is 24.0 Å². The number of amides is 1. The summed E-state index contributed by atoms with van der Waals surface area (Å²) in [5.74, 6) is 1.41. The number of nitrogens with zero attached hydrogens (tertiary/aromatic N) is 1. The second kappa shape index (κ2) is 7.95. The van der Waals surface area contributed by atoms with Crippen LogP contribution in [-0.2, 0) is 0 Å². The van der Waals surface area contributed by atoms with Gasteiger partial charge in [0.05, 0.1) is 4.88 Å². The first-order chi connectivity index (χ1) is 8.90. The molecule has 0 saturated heterocycles. The summed E-state index contributed by atoms with van der Waals surface area (Å²) in [5, 5.41) is 1.92. The van der Waals surface area contributed by atoms with E-state index in [0.717, 1.165) is 35.7 Å². The molecule has 0 bridgehead atoms. The van der Waals surface area contributed by atoms with E-state index >= 15 is 0 Å². The van der Waals surface area contributed by atoms with Crippen molar-refractivity contribution in [1.82, 2.24) is 4.90 Å². The van der Waals surface area contributed by atoms with Crippen LogP contribution in [-0.4, -0.2) is 23.9 Å². The van der Waals surface area contributed by atoms with Crippen molar-refractivity contribution in [2.45, 2.75) is 45.4 Å². The average Bonchev–Trinajstić information content (AvgIpc) is 2.74. The fourth-order valence-corrected chi connectivity index (χ4v) is 2.85. The predicted molar refractivity (Wildman–Crippen MR) is 86.4 cm³/mol. The van der Waals surface area contributed by atoms with Crippen LogP contribution in [0.15, 0.2) is 16.3 Å². The molecule has 108 valence electrons. The molecule has 0 atom stereocenters. The van der Waals surface area contributed by atoms with Gasteiger partial charge in [-0.2, -0.15) is 0 Å². The highest BCUT2D eigenvalue weighted by Gasteiger charge is 2.17. The maximum atomic E-state index is 12.5. The van der Waals surface area contributed by atoms with Crippen LogP contribution in [0.3, 0.4) is 0 Å². The molecule has 1 aromatic rings. The Morgan fingerprint density at radius 3 is 2.11 bits per heavy atom. The van der Waals surface area contributed by atoms with Gasteiger partial charge in [0.1, 0.15) is 0 Å². The van der Waals surface area contributed by atoms with Gasteiger partial charge >= 0.3 is 0 Å². The molecule has 1 amide bonds. The van der Waals surface area contributed by atoms with Crippen molar-refractivity contribution in [3.8, 4) is 0 Å². The van der Waals surface area contributed by atoms with E-state index in [9.17, 15) is 4.79 Å². The molecule has 0 radical (unpaired) electrons. The lowest BCUT2D eigenvalue weighted by atomic mass is 10.1. The molecule has 0 fully saturated rings. The summed E-state index contributed by atoms with van der Waals surface area (Å²) in [4.78, 5) is 16.2. The molecule has 0 N–H and O–H groups in total. The minimum absolute atomic E-state index is 0.159. The molecule has 1 rings (SSSR count). The zero-order chi connectivity index (χ0) is 14.4. The minimum Gasteiger partial charge on any atom is -0.338 e. The highest BCUT2D eigenvalue weighted by molar-refractivity contribution is 7.80. The fraction of sp³-hybridized carbons (Fsp3) is 0.667. The van der Waals surface area contributed by atoms with Crippen molar-refractivity contribution >= 4 is 29.9 Å². The summed E-state index contributed by atoms with van der Waals surface area (Å²) in [7, 11) is 0. The molecule has 19 heavy (non-hydrogen) atoms. The Bertz CT molecular complexity index is 387. The number of hydrogen-bond donors (Lipinski definition) is 1. The van der Waals surface area contributed by atoms with E-state index in [1.165, 1.54) is 11.3 Å². The molecule has 0 spiro atoms. The molecule has 4 heteroatoms. The lowest BCUT2D eigenvalue weighted by Gasteiger charge is -2.24. The summed E-state index contributed by atoms with van der Waals surface area (Å²) in [6, 6.07) is 1.87. The second-order valence-electron chi connectivity index (χ2n) is 5.83. The number of rotatable bonds is 7. The normalized spacial score (nSPS) is 11.3. The van der Waals surface area contributed by atoms with Crippen LogP contribution in [0.5, 0.6) is 0 Å². The molecule has 0 aliphatic heterocycles. The number of carbonyl (C=O) groups is 1. The van der Waals surface area contributed by atoms with E-state index in [4.69, 9.17) is 0 Å². The van der Waals surface area contributed by atoms with E-state index in [-0.39, 0.29) is 5.91 Å². The minimum atomic E-state index is 0.159. The quantitative estimate of drug-likeness (QED) is 0.731. The van der Waals surface area contributed by atoms with Gasteiger partial charge in [-0.05, 0) is 30.7 Å². The average molecular weight is 300 g/mol. The van der Waals surface area contributed by atoms with Gasteiger partial charge in [-0.1, -0.05) is 27.7 Å². The third kappa shape index (κ3) is 6.00. The molecule has 0 aromatic carbocycles. The molecule has 0 aliphatic carbocycles. The van der Waals surface area contributed by atoms with Crippen molar-refractivity contribution in [1.29, 1.82) is 0 Å². The molecule has 0 saturated carbocycles. The van der Waals surface area contributed by atoms with Gasteiger partial charge < -0.3 is 4.90 Å². The molecule has 1 aromatic heterocycles. The Kier molecular flexibility index (Phi) is 6.94. The Hall–Kier alpha value is -0.480. The third-order valence-electron chi connectivity index (χ3n) is 3.04. The Labute approximate surface area is 126 Å². The van der Waals surface area contributed by atoms with Crippen molar-refractivity contribution < 1.29 is 4.79 Å². The summed E-state index contributed by atoms with van der Waals surface area (Å²) >= 11 is 5.76. The summed E-state index contributed by atoms with van der Waals surface area (Å²) < 4.78 is 0. The van der Waals surface area contributed by atoms with Crippen LogP contribution in [0, 0.1) is 11.8 Å². The van der Waals surface area contributed by atoms with Gasteiger partial charge in [0.25, 0.3) is 5.91 Å². The Morgan fingerprint density at radius 1 is 1.21 bits per heavy atom. The van der Waals surface area contributed by atoms with Crippen molar-refractivity contribution in [3.63, 3.8) is 0 Å². The lowest BCUT2D eigenvalue weighted by Crippen LogP contribution is -2.33. The van der Waals surface area contributed by atoms with E-state index in [2.05, 4.69) is 40.3 Å². The van der Waals surface area contributed by atoms with E-state index in [0.29, 0.717) is 11.8 Å². The third-order valence-corrected chi connectivity index (χ3v) is 4.39. The molecular formula is C15H25NOS2. The van der Waals surface area contributed by atoms with E-state index in [1.807, 2.05) is 16.3 Å². The van der Waals surface area contributed by atoms with Gasteiger partial charge in [-0.3, -0.25) is 4.79 Å². The zero-order valence-corrected chi connectivity index (χ0v) is 14.1. The van der Waals surface area contributed by atoms with Gasteiger partial charge in [-0.25, -0.2) is 0 Å². The molecule has 0 aliphatic rings. The lowest BCUT2D eigenvalue weighted by molar-refractivity contribution is 0.0745. The van der Waals surface area contributed by atoms with Gasteiger partial charge in [0.2, 0.25) is 0 Å². The summed E-state index contributed by atoms with van der Waals surface area (Å²) in [6.07, 6.45) is 2.12. The Morgan fingerprint density at radius 2 is 1.74 bits per heavy atom. The fourth-order valence-electron chi connectivity index (χ4n) is 1.74. The van der Waals surface area contributed by atoms with Gasteiger partial charge in [0.15, 0.2) is 0 Å². The summed E-state index contributed by atoms with van der Waals surface area (Å²) in [6.45, 7) is 10.5. The van der Waals surface area contributed by atoms with E-state index in [1.54, 1.807) is 0 Å². The highest BCUT2D eigenvalue weighted by Crippen LogP contribution is 2.20. The first-order valence-corrected chi connectivity index (χ1v) is 8.29. The summed E-state index contributed by atoms with van der Waals surface area (Å²) in [5.41, 5.74) is 0. The molecule has 1 heterocycles. The smallest absolute Gasteiger partial charge is 0.263 e. The number of thiophene rings is 1. The standard InChI is InChI=1S/C15H25NOS2/c1-11(2)5-7-16(8-6-12(3)4)15(17)14-9-13(18)10-19-14/h9-12,18H,5-8H2,1-4H3. The monoisotopic (exact) mass is 299 g/mol. The van der Waals surface area contributed by atoms with Gasteiger partial charge in [-0.15, -0.1) is 24.0 Å². The van der Waals surface area contributed by atoms with Crippen molar-refractivity contribution in [2.24, 2.45) is 11.8 Å².